The van der Waals surface area contributed by atoms with Crippen LogP contribution >= 0.6 is 0 Å². The second-order valence-corrected chi connectivity index (χ2v) is 15.6. The first-order valence-corrected chi connectivity index (χ1v) is 18.0. The van der Waals surface area contributed by atoms with Crippen LogP contribution in [0.1, 0.15) is 79.2 Å². The lowest BCUT2D eigenvalue weighted by molar-refractivity contribution is -0.175. The topological polar surface area (TPSA) is 247 Å². The van der Waals surface area contributed by atoms with E-state index in [4.69, 9.17) is 0 Å². The molecule has 4 rings (SSSR count). The molecule has 3 aliphatic rings. The summed E-state index contributed by atoms with van der Waals surface area (Å²) in [5, 5.41) is 43.3. The molecule has 3 heterocycles. The van der Waals surface area contributed by atoms with Crippen LogP contribution < -0.4 is 26.6 Å². The summed E-state index contributed by atoms with van der Waals surface area (Å²) < 4.78 is 0. The van der Waals surface area contributed by atoms with E-state index in [1.54, 1.807) is 51.7 Å². The lowest BCUT2D eigenvalue weighted by Gasteiger charge is -2.56. The van der Waals surface area contributed by atoms with Crippen molar-refractivity contribution in [3.05, 3.63) is 29.8 Å². The number of benzene rings is 1. The molecule has 292 valence electrons. The first kappa shape index (κ1) is 41.0. The van der Waals surface area contributed by atoms with Gasteiger partial charge in [-0.1, -0.05) is 26.0 Å². The van der Waals surface area contributed by atoms with Crippen LogP contribution in [0.2, 0.25) is 0 Å². The predicted molar refractivity (Wildman–Crippen MR) is 190 cm³/mol. The van der Waals surface area contributed by atoms with Gasteiger partial charge in [0.2, 0.25) is 35.4 Å². The molecule has 17 heteroatoms. The van der Waals surface area contributed by atoms with Gasteiger partial charge >= 0.3 is 5.97 Å². The summed E-state index contributed by atoms with van der Waals surface area (Å²) in [5.74, 6) is -5.63. The van der Waals surface area contributed by atoms with Crippen LogP contribution in [0.3, 0.4) is 0 Å². The van der Waals surface area contributed by atoms with Crippen LogP contribution in [0.25, 0.3) is 0 Å². The Kier molecular flexibility index (Phi) is 13.1. The van der Waals surface area contributed by atoms with Gasteiger partial charge in [-0.3, -0.25) is 38.5 Å². The Morgan fingerprint density at radius 3 is 2.02 bits per heavy atom. The van der Waals surface area contributed by atoms with Gasteiger partial charge in [-0.25, -0.2) is 0 Å². The molecule has 1 aromatic carbocycles. The van der Waals surface area contributed by atoms with E-state index in [0.717, 1.165) is 0 Å². The van der Waals surface area contributed by atoms with Gasteiger partial charge in [-0.15, -0.1) is 0 Å². The number of aliphatic hydroxyl groups excluding tert-OH is 1. The van der Waals surface area contributed by atoms with Gasteiger partial charge < -0.3 is 46.8 Å². The number of rotatable bonds is 7. The van der Waals surface area contributed by atoms with Gasteiger partial charge in [0.25, 0.3) is 0 Å². The molecule has 17 nitrogen and oxygen atoms in total. The number of phenols is 1. The van der Waals surface area contributed by atoms with Crippen molar-refractivity contribution in [2.45, 2.75) is 134 Å². The van der Waals surface area contributed by atoms with Crippen LogP contribution in [0, 0.1) is 5.92 Å². The number of aliphatic hydroxyl groups is 1. The van der Waals surface area contributed by atoms with Gasteiger partial charge in [-0.05, 0) is 77.1 Å². The molecule has 8 N–H and O–H groups in total. The fourth-order valence-electron chi connectivity index (χ4n) is 7.12. The molecule has 3 fully saturated rings. The molecule has 0 bridgehead atoms. The Balaban J connectivity index is 1.77. The molecule has 0 aromatic heterocycles. The van der Waals surface area contributed by atoms with Gasteiger partial charge in [0.1, 0.15) is 36.1 Å². The first-order valence-electron chi connectivity index (χ1n) is 18.0. The number of nitrogens with one attached hydrogen (secondary N) is 5. The minimum Gasteiger partial charge on any atom is -0.508 e. The number of fused-ring (bicyclic) bond motifs is 3. The third-order valence-electron chi connectivity index (χ3n) is 9.73. The maximum atomic E-state index is 14.1. The number of hydrogen-bond donors (Lipinski definition) is 8. The van der Waals surface area contributed by atoms with Crippen molar-refractivity contribution in [3.8, 4) is 5.75 Å². The van der Waals surface area contributed by atoms with Gasteiger partial charge in [0, 0.05) is 18.4 Å². The zero-order valence-electron chi connectivity index (χ0n) is 31.0. The number of aromatic hydroxyl groups is 1. The number of carbonyl (C=O) groups excluding carboxylic acids is 6. The molecule has 3 aliphatic heterocycles. The summed E-state index contributed by atoms with van der Waals surface area (Å²) in [7, 11) is 0. The first-order chi connectivity index (χ1) is 24.8. The van der Waals surface area contributed by atoms with Crippen molar-refractivity contribution in [2.75, 3.05) is 6.54 Å². The second-order valence-electron chi connectivity index (χ2n) is 15.6. The molecule has 6 amide bonds. The summed E-state index contributed by atoms with van der Waals surface area (Å²) in [6.45, 7) is 10.7. The number of β-lactam (4-membered cyclic amide) rings is 1. The van der Waals surface area contributed by atoms with E-state index in [1.165, 1.54) is 24.0 Å². The van der Waals surface area contributed by atoms with Crippen molar-refractivity contribution < 1.29 is 48.9 Å². The highest BCUT2D eigenvalue weighted by atomic mass is 16.4. The van der Waals surface area contributed by atoms with Crippen molar-refractivity contribution in [3.63, 3.8) is 0 Å². The lowest BCUT2D eigenvalue weighted by Crippen LogP contribution is -2.80. The highest BCUT2D eigenvalue weighted by Gasteiger charge is 2.57. The third kappa shape index (κ3) is 10.2. The van der Waals surface area contributed by atoms with E-state index in [-0.39, 0.29) is 30.4 Å². The van der Waals surface area contributed by atoms with Crippen LogP contribution in [-0.4, -0.2) is 127 Å². The molecule has 0 saturated carbocycles. The maximum Gasteiger partial charge on any atom is 0.305 e. The average molecular weight is 744 g/mol. The fraction of sp³-hybridized carbons (Fsp3) is 0.639. The van der Waals surface area contributed by atoms with Crippen LogP contribution in [0.4, 0.5) is 0 Å². The number of phenolic OH excluding ortho intramolecular Hbond substituents is 1. The SMILES string of the molecule is CC(C)C[C@@H]1NC(=O)[C@H](Cc2ccc(O)cc2)NC(=O)[C@@H]2CCCN2[C@@H]2C(=O)N(C(C)(C)C)[C@@H]2NC(=O)CC([C@@H](C)O)NC(=O)[C@H](CC(=O)O)NC1=O. The highest BCUT2D eigenvalue weighted by molar-refractivity contribution is 5.97. The van der Waals surface area contributed by atoms with E-state index < -0.39 is 102 Å². The summed E-state index contributed by atoms with van der Waals surface area (Å²) in [5.41, 5.74) is -0.156. The molecule has 53 heavy (non-hydrogen) atoms. The molecule has 0 spiro atoms. The maximum absolute atomic E-state index is 14.1. The number of amides is 6. The van der Waals surface area contributed by atoms with Crippen molar-refractivity contribution in [1.82, 2.24) is 36.4 Å². The Morgan fingerprint density at radius 2 is 1.43 bits per heavy atom. The lowest BCUT2D eigenvalue weighted by atomic mass is 9.90. The smallest absolute Gasteiger partial charge is 0.305 e. The van der Waals surface area contributed by atoms with Crippen molar-refractivity contribution in [2.24, 2.45) is 5.92 Å². The Bertz CT molecular complexity index is 1560. The normalized spacial score (nSPS) is 28.8. The molecular weight excluding hydrogens is 690 g/mol. The molecule has 8 atom stereocenters. The van der Waals surface area contributed by atoms with Crippen LogP contribution in [-0.2, 0) is 40.0 Å². The van der Waals surface area contributed by atoms with Gasteiger partial charge in [0.15, 0.2) is 0 Å². The molecule has 0 radical (unpaired) electrons. The summed E-state index contributed by atoms with van der Waals surface area (Å²) in [6.07, 6.45) is -2.52. The second kappa shape index (κ2) is 16.9. The predicted octanol–water partition coefficient (Wildman–Crippen LogP) is -0.905. The van der Waals surface area contributed by atoms with Gasteiger partial charge in [-0.2, -0.15) is 0 Å². The highest BCUT2D eigenvalue weighted by Crippen LogP contribution is 2.35. The molecule has 1 unspecified atom stereocenters. The number of carboxylic acids is 1. The quantitative estimate of drug-likeness (QED) is 0.159. The van der Waals surface area contributed by atoms with Crippen LogP contribution in [0.5, 0.6) is 5.75 Å². The Labute approximate surface area is 308 Å². The number of carbonyl (C=O) groups is 7. The van der Waals surface area contributed by atoms with Gasteiger partial charge in [0.05, 0.1) is 24.6 Å². The van der Waals surface area contributed by atoms with Crippen molar-refractivity contribution >= 4 is 41.4 Å². The van der Waals surface area contributed by atoms with E-state index in [9.17, 15) is 48.9 Å². The molecular formula is C36H53N7O10. The number of likely N-dealkylation sites (tertiary alicyclic amines) is 1. The molecule has 0 aliphatic carbocycles. The van der Waals surface area contributed by atoms with E-state index in [2.05, 4.69) is 26.6 Å². The standard InChI is InChI=1S/C36H53N7O10/c1-18(2)14-23-31(49)39-25(17-28(47)48)33(51)37-22(19(3)44)16-27(46)41-30-29(35(53)43(30)36(4,5)6)42-13-7-8-26(42)34(52)40-24(32(50)38-23)15-20-9-11-21(45)12-10-20/h9-12,18-19,22-26,29-30,44-45H,7-8,13-17H2,1-6H3,(H,37,51)(H,38,50)(H,39,49)(H,40,52)(H,41,46)(H,47,48)/t19-,22?,23+,24+,25+,26+,29+,30+/m1/s1. The minimum atomic E-state index is -1.65. The Hall–Kier alpha value is -4.77. The number of nitrogens with zero attached hydrogens (tertiary/aromatic N) is 2. The summed E-state index contributed by atoms with van der Waals surface area (Å²) in [6, 6.07) is -1.11. The number of hydrogen-bond acceptors (Lipinski definition) is 10. The minimum absolute atomic E-state index is 0.00570. The summed E-state index contributed by atoms with van der Waals surface area (Å²) >= 11 is 0. The molecule has 3 saturated heterocycles. The third-order valence-corrected chi connectivity index (χ3v) is 9.73. The van der Waals surface area contributed by atoms with E-state index >= 15 is 0 Å². The van der Waals surface area contributed by atoms with E-state index in [0.29, 0.717) is 24.9 Å². The monoisotopic (exact) mass is 743 g/mol. The van der Waals surface area contributed by atoms with Crippen molar-refractivity contribution in [1.29, 1.82) is 0 Å². The number of aliphatic carboxylic acids is 1. The average Bonchev–Trinajstić information content (AvgIpc) is 3.51. The van der Waals surface area contributed by atoms with E-state index in [1.807, 2.05) is 0 Å². The summed E-state index contributed by atoms with van der Waals surface area (Å²) in [4.78, 5) is 97.7. The Morgan fingerprint density at radius 1 is 0.849 bits per heavy atom. The largest absolute Gasteiger partial charge is 0.508 e. The zero-order valence-corrected chi connectivity index (χ0v) is 31.0. The fourth-order valence-corrected chi connectivity index (χ4v) is 7.12. The molecule has 1 aromatic rings. The number of carboxylic acid groups (broad SMARTS) is 1. The zero-order chi connectivity index (χ0) is 39.4. The van der Waals surface area contributed by atoms with Crippen LogP contribution in [0.15, 0.2) is 24.3 Å².